The summed E-state index contributed by atoms with van der Waals surface area (Å²) in [6.45, 7) is 1.92. The van der Waals surface area contributed by atoms with E-state index >= 15 is 0 Å². The molecule has 0 aliphatic heterocycles. The van der Waals surface area contributed by atoms with E-state index in [0.29, 0.717) is 15.8 Å². The van der Waals surface area contributed by atoms with Gasteiger partial charge in [0, 0.05) is 19.1 Å². The highest BCUT2D eigenvalue weighted by Gasteiger charge is 2.23. The van der Waals surface area contributed by atoms with Crippen LogP contribution in [-0.4, -0.2) is 40.5 Å². The third-order valence-corrected chi connectivity index (χ3v) is 6.51. The molecule has 0 amide bonds. The molecule has 0 bridgehead atoms. The molecule has 1 aliphatic carbocycles. The lowest BCUT2D eigenvalue weighted by Gasteiger charge is -2.27. The number of benzene rings is 2. The van der Waals surface area contributed by atoms with E-state index in [1.807, 2.05) is 18.2 Å². The summed E-state index contributed by atoms with van der Waals surface area (Å²) in [4.78, 5) is 2.91. The Kier molecular flexibility index (Phi) is 5.57. The minimum absolute atomic E-state index is 0.317. The molecule has 0 heterocycles. The molecule has 1 atom stereocenters. The molecule has 2 aromatic carbocycles. The van der Waals surface area contributed by atoms with Crippen LogP contribution in [0.5, 0.6) is 0 Å². The van der Waals surface area contributed by atoms with Gasteiger partial charge in [0.15, 0.2) is 0 Å². The van der Waals surface area contributed by atoms with Crippen molar-refractivity contribution in [3.63, 3.8) is 0 Å². The molecule has 1 unspecified atom stereocenters. The Morgan fingerprint density at radius 2 is 1.84 bits per heavy atom. The lowest BCUT2D eigenvalue weighted by molar-refractivity contribution is 0.372. The summed E-state index contributed by atoms with van der Waals surface area (Å²) in [6.07, 6.45) is 3.13. The first-order valence-electron chi connectivity index (χ1n) is 8.79. The number of hydrogen-bond acceptors (Lipinski definition) is 4. The Labute approximate surface area is 150 Å². The van der Waals surface area contributed by atoms with E-state index < -0.39 is 9.84 Å². The Morgan fingerprint density at radius 1 is 1.08 bits per heavy atom. The number of likely N-dealkylation sites (N-methyl/N-ethyl adjacent to an activating group) is 1. The van der Waals surface area contributed by atoms with E-state index in [9.17, 15) is 8.42 Å². The van der Waals surface area contributed by atoms with Crippen LogP contribution in [0.4, 0.5) is 0 Å². The van der Waals surface area contributed by atoms with Crippen LogP contribution in [0.15, 0.2) is 58.3 Å². The maximum Gasteiger partial charge on any atom is 0.206 e. The van der Waals surface area contributed by atoms with Crippen molar-refractivity contribution in [2.24, 2.45) is 0 Å². The standard InChI is InChI=1S/C20H26N2O2S/c1-22(2)14-13-21-20-10-6-7-16-15-18(11-12-19(16)20)25(23,24)17-8-4-3-5-9-17/h3-5,8-9,11-12,15,20-21H,6-7,10,13-14H2,1-2H3. The fraction of sp³-hybridized carbons (Fsp3) is 0.400. The van der Waals surface area contributed by atoms with E-state index in [0.717, 1.165) is 37.9 Å². The van der Waals surface area contributed by atoms with Gasteiger partial charge in [-0.2, -0.15) is 0 Å². The van der Waals surface area contributed by atoms with Gasteiger partial charge in [-0.1, -0.05) is 24.3 Å². The Bertz CT molecular complexity index is 817. The average molecular weight is 359 g/mol. The highest BCUT2D eigenvalue weighted by molar-refractivity contribution is 7.91. The summed E-state index contributed by atoms with van der Waals surface area (Å²) in [6, 6.07) is 14.6. The molecule has 0 saturated carbocycles. The molecule has 3 rings (SSSR count). The third-order valence-electron chi connectivity index (χ3n) is 4.74. The molecule has 5 heteroatoms. The highest BCUT2D eigenvalue weighted by atomic mass is 32.2. The Balaban J connectivity index is 1.85. The van der Waals surface area contributed by atoms with Crippen molar-refractivity contribution >= 4 is 9.84 Å². The van der Waals surface area contributed by atoms with E-state index in [-0.39, 0.29) is 0 Å². The fourth-order valence-electron chi connectivity index (χ4n) is 3.37. The number of aryl methyl sites for hydroxylation is 1. The van der Waals surface area contributed by atoms with Gasteiger partial charge in [0.25, 0.3) is 0 Å². The topological polar surface area (TPSA) is 49.4 Å². The molecule has 0 spiro atoms. The van der Waals surface area contributed by atoms with Crippen LogP contribution >= 0.6 is 0 Å². The molecule has 25 heavy (non-hydrogen) atoms. The smallest absolute Gasteiger partial charge is 0.206 e. The first-order valence-corrected chi connectivity index (χ1v) is 10.3. The van der Waals surface area contributed by atoms with Crippen LogP contribution in [0.25, 0.3) is 0 Å². The Morgan fingerprint density at radius 3 is 2.56 bits per heavy atom. The van der Waals surface area contributed by atoms with Gasteiger partial charge < -0.3 is 10.2 Å². The average Bonchev–Trinajstić information content (AvgIpc) is 2.62. The van der Waals surface area contributed by atoms with Gasteiger partial charge >= 0.3 is 0 Å². The van der Waals surface area contributed by atoms with Crippen molar-refractivity contribution in [1.29, 1.82) is 0 Å². The Hall–Kier alpha value is -1.69. The zero-order valence-electron chi connectivity index (χ0n) is 14.9. The van der Waals surface area contributed by atoms with E-state index in [2.05, 4.69) is 24.3 Å². The second kappa shape index (κ2) is 7.68. The second-order valence-corrected chi connectivity index (χ2v) is 8.83. The summed E-state index contributed by atoms with van der Waals surface area (Å²) in [5.41, 5.74) is 2.41. The van der Waals surface area contributed by atoms with Gasteiger partial charge in [-0.05, 0) is 68.8 Å². The van der Waals surface area contributed by atoms with Crippen molar-refractivity contribution < 1.29 is 8.42 Å². The molecule has 0 fully saturated rings. The molecule has 2 aromatic rings. The summed E-state index contributed by atoms with van der Waals surface area (Å²) in [5, 5.41) is 3.61. The maximum absolute atomic E-state index is 12.8. The minimum Gasteiger partial charge on any atom is -0.309 e. The fourth-order valence-corrected chi connectivity index (χ4v) is 4.70. The summed E-state index contributed by atoms with van der Waals surface area (Å²) < 4.78 is 25.7. The van der Waals surface area contributed by atoms with Crippen molar-refractivity contribution in [2.75, 3.05) is 27.2 Å². The lowest BCUT2D eigenvalue weighted by Crippen LogP contribution is -2.31. The van der Waals surface area contributed by atoms with Crippen molar-refractivity contribution in [2.45, 2.75) is 35.1 Å². The van der Waals surface area contributed by atoms with E-state index in [4.69, 9.17) is 0 Å². The van der Waals surface area contributed by atoms with Crippen LogP contribution in [0, 0.1) is 0 Å². The number of nitrogens with one attached hydrogen (secondary N) is 1. The van der Waals surface area contributed by atoms with Crippen LogP contribution in [0.2, 0.25) is 0 Å². The summed E-state index contributed by atoms with van der Waals surface area (Å²) >= 11 is 0. The largest absolute Gasteiger partial charge is 0.309 e. The first kappa shape index (κ1) is 18.1. The van der Waals surface area contributed by atoms with Crippen molar-refractivity contribution in [3.05, 3.63) is 59.7 Å². The van der Waals surface area contributed by atoms with Crippen LogP contribution in [-0.2, 0) is 16.3 Å². The lowest BCUT2D eigenvalue weighted by atomic mass is 9.88. The number of fused-ring (bicyclic) bond motifs is 1. The molecular formula is C20H26N2O2S. The van der Waals surface area contributed by atoms with Gasteiger partial charge in [0.1, 0.15) is 0 Å². The number of sulfone groups is 1. The summed E-state index contributed by atoms with van der Waals surface area (Å²) in [5.74, 6) is 0. The van der Waals surface area contributed by atoms with Crippen molar-refractivity contribution in [1.82, 2.24) is 10.2 Å². The minimum atomic E-state index is -3.45. The van der Waals surface area contributed by atoms with Gasteiger partial charge in [-0.25, -0.2) is 8.42 Å². The molecule has 0 saturated heterocycles. The van der Waals surface area contributed by atoms with E-state index in [1.54, 1.807) is 30.3 Å². The van der Waals surface area contributed by atoms with Crippen LogP contribution < -0.4 is 5.32 Å². The van der Waals surface area contributed by atoms with Crippen molar-refractivity contribution in [3.8, 4) is 0 Å². The quantitative estimate of drug-likeness (QED) is 0.862. The molecule has 0 aromatic heterocycles. The number of rotatable bonds is 6. The van der Waals surface area contributed by atoms with Gasteiger partial charge in [0.2, 0.25) is 9.84 Å². The number of nitrogens with zero attached hydrogens (tertiary/aromatic N) is 1. The molecule has 4 nitrogen and oxygen atoms in total. The van der Waals surface area contributed by atoms with Crippen LogP contribution in [0.3, 0.4) is 0 Å². The van der Waals surface area contributed by atoms with E-state index in [1.165, 1.54) is 5.56 Å². The highest BCUT2D eigenvalue weighted by Crippen LogP contribution is 2.32. The molecule has 0 radical (unpaired) electrons. The molecule has 1 aliphatic rings. The van der Waals surface area contributed by atoms with Crippen LogP contribution in [0.1, 0.15) is 30.0 Å². The number of hydrogen-bond donors (Lipinski definition) is 1. The zero-order chi connectivity index (χ0) is 17.9. The molecular weight excluding hydrogens is 332 g/mol. The first-order chi connectivity index (χ1) is 12.0. The second-order valence-electron chi connectivity index (χ2n) is 6.88. The van der Waals surface area contributed by atoms with Gasteiger partial charge in [-0.15, -0.1) is 0 Å². The predicted octanol–water partition coefficient (Wildman–Crippen LogP) is 3.05. The monoisotopic (exact) mass is 358 g/mol. The maximum atomic E-state index is 12.8. The van der Waals surface area contributed by atoms with Gasteiger partial charge in [-0.3, -0.25) is 0 Å². The SMILES string of the molecule is CN(C)CCNC1CCCc2cc(S(=O)(=O)c3ccccc3)ccc21. The molecule has 1 N–H and O–H groups in total. The third kappa shape index (κ3) is 4.11. The predicted molar refractivity (Wildman–Crippen MR) is 101 cm³/mol. The normalized spacial score (nSPS) is 17.5. The zero-order valence-corrected chi connectivity index (χ0v) is 15.7. The summed E-state index contributed by atoms with van der Waals surface area (Å²) in [7, 11) is 0.688. The van der Waals surface area contributed by atoms with Gasteiger partial charge in [0.05, 0.1) is 9.79 Å². The molecule has 134 valence electrons.